The van der Waals surface area contributed by atoms with E-state index in [1.54, 1.807) is 0 Å². The number of hydrogen-bond donors (Lipinski definition) is 2. The highest BCUT2D eigenvalue weighted by Crippen LogP contribution is 2.26. The zero-order chi connectivity index (χ0) is 12.9. The van der Waals surface area contributed by atoms with Crippen LogP contribution in [0.4, 0.5) is 0 Å². The van der Waals surface area contributed by atoms with Crippen LogP contribution < -0.4 is 4.72 Å². The Balaban J connectivity index is 2.59. The van der Waals surface area contributed by atoms with Crippen LogP contribution in [0.1, 0.15) is 39.5 Å². The van der Waals surface area contributed by atoms with Crippen molar-refractivity contribution in [3.63, 3.8) is 0 Å². The second kappa shape index (κ2) is 6.68. The molecule has 1 fully saturated rings. The van der Waals surface area contributed by atoms with Crippen molar-refractivity contribution in [1.82, 2.24) is 9.03 Å². The minimum absolute atomic E-state index is 0.0307. The van der Waals surface area contributed by atoms with Gasteiger partial charge in [-0.1, -0.05) is 20.3 Å². The average molecular weight is 264 g/mol. The Hall–Kier alpha value is -0.170. The van der Waals surface area contributed by atoms with Gasteiger partial charge >= 0.3 is 0 Å². The Morgan fingerprint density at radius 2 is 2.06 bits per heavy atom. The lowest BCUT2D eigenvalue weighted by molar-refractivity contribution is 0.196. The summed E-state index contributed by atoms with van der Waals surface area (Å²) in [5, 5.41) is 8.83. The summed E-state index contributed by atoms with van der Waals surface area (Å²) in [6.07, 6.45) is 3.47. The van der Waals surface area contributed by atoms with E-state index in [9.17, 15) is 8.42 Å². The highest BCUT2D eigenvalue weighted by Gasteiger charge is 2.33. The molecule has 1 aliphatic rings. The van der Waals surface area contributed by atoms with Gasteiger partial charge in [0.1, 0.15) is 0 Å². The van der Waals surface area contributed by atoms with Crippen molar-refractivity contribution >= 4 is 10.2 Å². The van der Waals surface area contributed by atoms with Crippen molar-refractivity contribution in [2.75, 3.05) is 19.7 Å². The highest BCUT2D eigenvalue weighted by molar-refractivity contribution is 7.87. The third-order valence-corrected chi connectivity index (χ3v) is 4.63. The first-order valence-electron chi connectivity index (χ1n) is 6.34. The van der Waals surface area contributed by atoms with Gasteiger partial charge in [-0.3, -0.25) is 0 Å². The van der Waals surface area contributed by atoms with Crippen molar-refractivity contribution in [3.05, 3.63) is 0 Å². The summed E-state index contributed by atoms with van der Waals surface area (Å²) in [4.78, 5) is 0. The van der Waals surface area contributed by atoms with E-state index in [-0.39, 0.29) is 12.6 Å². The van der Waals surface area contributed by atoms with Gasteiger partial charge in [-0.05, 0) is 25.2 Å². The molecule has 102 valence electrons. The molecule has 0 unspecified atom stereocenters. The summed E-state index contributed by atoms with van der Waals surface area (Å²) in [6, 6.07) is 0.131. The normalized spacial score (nSPS) is 17.7. The van der Waals surface area contributed by atoms with Gasteiger partial charge in [-0.15, -0.1) is 0 Å². The Bertz CT molecular complexity index is 313. The maximum atomic E-state index is 12.1. The number of aliphatic hydroxyl groups is 1. The van der Waals surface area contributed by atoms with Crippen LogP contribution in [0.15, 0.2) is 0 Å². The summed E-state index contributed by atoms with van der Waals surface area (Å²) in [5.41, 5.74) is 0. The minimum Gasteiger partial charge on any atom is -0.396 e. The van der Waals surface area contributed by atoms with E-state index < -0.39 is 10.2 Å². The fraction of sp³-hybridized carbons (Fsp3) is 1.00. The van der Waals surface area contributed by atoms with E-state index in [0.717, 1.165) is 19.3 Å². The maximum absolute atomic E-state index is 12.1. The molecule has 1 aliphatic carbocycles. The maximum Gasteiger partial charge on any atom is 0.279 e. The van der Waals surface area contributed by atoms with E-state index in [1.165, 1.54) is 4.31 Å². The van der Waals surface area contributed by atoms with Gasteiger partial charge < -0.3 is 5.11 Å². The molecule has 0 aromatic rings. The van der Waals surface area contributed by atoms with Crippen molar-refractivity contribution in [2.24, 2.45) is 5.92 Å². The molecule has 0 heterocycles. The Morgan fingerprint density at radius 1 is 1.41 bits per heavy atom. The monoisotopic (exact) mass is 264 g/mol. The largest absolute Gasteiger partial charge is 0.396 e. The van der Waals surface area contributed by atoms with Gasteiger partial charge in [0.2, 0.25) is 0 Å². The topological polar surface area (TPSA) is 69.6 Å². The van der Waals surface area contributed by atoms with Crippen LogP contribution in [0.25, 0.3) is 0 Å². The first kappa shape index (κ1) is 14.9. The van der Waals surface area contributed by atoms with Crippen molar-refractivity contribution in [3.8, 4) is 0 Å². The fourth-order valence-electron chi connectivity index (χ4n) is 1.76. The van der Waals surface area contributed by atoms with Gasteiger partial charge in [-0.2, -0.15) is 12.7 Å². The van der Waals surface area contributed by atoms with Gasteiger partial charge in [0.25, 0.3) is 10.2 Å². The minimum atomic E-state index is -3.38. The van der Waals surface area contributed by atoms with E-state index >= 15 is 0 Å². The second-order valence-electron chi connectivity index (χ2n) is 5.02. The number of hydrogen-bond acceptors (Lipinski definition) is 3. The first-order chi connectivity index (χ1) is 7.97. The molecule has 0 aromatic carbocycles. The van der Waals surface area contributed by atoms with Crippen LogP contribution in [0, 0.1) is 5.92 Å². The molecular formula is C11H24N2O3S. The Labute approximate surface area is 104 Å². The molecule has 0 bridgehead atoms. The van der Waals surface area contributed by atoms with Crippen molar-refractivity contribution in [2.45, 2.75) is 45.6 Å². The molecule has 6 heteroatoms. The molecule has 1 saturated carbocycles. The molecule has 2 N–H and O–H groups in total. The van der Waals surface area contributed by atoms with Gasteiger partial charge in [0.05, 0.1) is 0 Å². The smallest absolute Gasteiger partial charge is 0.279 e. The van der Waals surface area contributed by atoms with E-state index in [4.69, 9.17) is 5.11 Å². The third-order valence-electron chi connectivity index (χ3n) is 3.00. The SMILES string of the molecule is CC(C)CNS(=O)(=O)N(CCCO)C1CCC1. The van der Waals surface area contributed by atoms with Crippen molar-refractivity contribution in [1.29, 1.82) is 0 Å². The molecule has 0 aliphatic heterocycles. The summed E-state index contributed by atoms with van der Waals surface area (Å²) in [7, 11) is -3.38. The quantitative estimate of drug-likeness (QED) is 0.678. The molecule has 0 atom stereocenters. The molecule has 17 heavy (non-hydrogen) atoms. The lowest BCUT2D eigenvalue weighted by Gasteiger charge is -2.36. The second-order valence-corrected chi connectivity index (χ2v) is 6.73. The summed E-state index contributed by atoms with van der Waals surface area (Å²) in [6.45, 7) is 4.86. The predicted octanol–water partition coefficient (Wildman–Crippen LogP) is 0.714. The first-order valence-corrected chi connectivity index (χ1v) is 7.78. The molecule has 0 spiro atoms. The fourth-order valence-corrected chi connectivity index (χ4v) is 3.44. The van der Waals surface area contributed by atoms with Crippen LogP contribution in [0.5, 0.6) is 0 Å². The number of nitrogens with zero attached hydrogens (tertiary/aromatic N) is 1. The molecule has 0 saturated heterocycles. The van der Waals surface area contributed by atoms with Crippen LogP contribution in [-0.4, -0.2) is 43.6 Å². The lowest BCUT2D eigenvalue weighted by atomic mass is 9.93. The summed E-state index contributed by atoms with van der Waals surface area (Å²) in [5.74, 6) is 0.297. The molecule has 0 amide bonds. The molecule has 5 nitrogen and oxygen atoms in total. The van der Waals surface area contributed by atoms with E-state index in [1.807, 2.05) is 13.8 Å². The number of rotatable bonds is 8. The molecule has 1 rings (SSSR count). The Morgan fingerprint density at radius 3 is 2.47 bits per heavy atom. The zero-order valence-electron chi connectivity index (χ0n) is 10.7. The molecule has 0 radical (unpaired) electrons. The zero-order valence-corrected chi connectivity index (χ0v) is 11.5. The Kier molecular flexibility index (Phi) is 5.85. The molecular weight excluding hydrogens is 240 g/mol. The van der Waals surface area contributed by atoms with Crippen LogP contribution in [0.3, 0.4) is 0 Å². The third kappa shape index (κ3) is 4.54. The summed E-state index contributed by atoms with van der Waals surface area (Å²) >= 11 is 0. The van der Waals surface area contributed by atoms with E-state index in [2.05, 4.69) is 4.72 Å². The van der Waals surface area contributed by atoms with Gasteiger partial charge in [0, 0.05) is 25.7 Å². The number of aliphatic hydroxyl groups excluding tert-OH is 1. The highest BCUT2D eigenvalue weighted by atomic mass is 32.2. The summed E-state index contributed by atoms with van der Waals surface area (Å²) < 4.78 is 28.4. The standard InChI is InChI=1S/C11H24N2O3S/c1-10(2)9-12-17(15,16)13(7-4-8-14)11-5-3-6-11/h10-12,14H,3-9H2,1-2H3. The number of nitrogens with one attached hydrogen (secondary N) is 1. The van der Waals surface area contributed by atoms with Gasteiger partial charge in [0.15, 0.2) is 0 Å². The van der Waals surface area contributed by atoms with Gasteiger partial charge in [-0.25, -0.2) is 4.72 Å². The van der Waals surface area contributed by atoms with Crippen molar-refractivity contribution < 1.29 is 13.5 Å². The lowest BCUT2D eigenvalue weighted by Crippen LogP contribution is -2.50. The average Bonchev–Trinajstić information content (AvgIpc) is 2.18. The van der Waals surface area contributed by atoms with E-state index in [0.29, 0.717) is 25.4 Å². The van der Waals surface area contributed by atoms with Crippen LogP contribution in [-0.2, 0) is 10.2 Å². The molecule has 0 aromatic heterocycles. The van der Waals surface area contributed by atoms with Crippen LogP contribution in [0.2, 0.25) is 0 Å². The predicted molar refractivity (Wildman–Crippen MR) is 67.8 cm³/mol. The van der Waals surface area contributed by atoms with Crippen LogP contribution >= 0.6 is 0 Å².